The fraction of sp³-hybridized carbons (Fsp3) is 0.939. The van der Waals surface area contributed by atoms with Crippen LogP contribution >= 0.6 is 0 Å². The number of fused-ring (bicyclic) bond motifs is 7. The number of carbonyl (C=O) groups is 1. The highest BCUT2D eigenvalue weighted by Gasteiger charge is 2.75. The predicted molar refractivity (Wildman–Crippen MR) is 238 cm³/mol. The Morgan fingerprint density at radius 3 is 1.92 bits per heavy atom. The maximum Gasteiger partial charge on any atom is 0.200 e. The Morgan fingerprint density at radius 1 is 0.653 bits per heavy atom. The van der Waals surface area contributed by atoms with Crippen molar-refractivity contribution in [1.82, 2.24) is 0 Å². The lowest BCUT2D eigenvalue weighted by molar-refractivity contribution is -0.375. The van der Waals surface area contributed by atoms with Crippen LogP contribution in [0.15, 0.2) is 11.6 Å². The second-order valence-electron chi connectivity index (χ2n) is 23.1. The van der Waals surface area contributed by atoms with Gasteiger partial charge in [0.25, 0.3) is 0 Å². The molecule has 6 saturated heterocycles. The van der Waals surface area contributed by atoms with Gasteiger partial charge in [0.1, 0.15) is 85.5 Å². The van der Waals surface area contributed by atoms with Crippen LogP contribution < -0.4 is 0 Å². The molecule has 6 aliphatic heterocycles. The number of Topliss-reactive ketones (excluding diaryl/α,β-unsaturated/α-hetero) is 1. The van der Waals surface area contributed by atoms with Crippen molar-refractivity contribution in [2.24, 2.45) is 46.3 Å². The van der Waals surface area contributed by atoms with Crippen LogP contribution in [0.1, 0.15) is 73.6 Å². The first kappa shape index (κ1) is 53.9. The SMILES string of the molecule is C[C@@H]1O[C@@H](O[C@H]2[C@H](O[C@@H]3C[C@H](O)CC4=CC[C@H]5[C@@H]6C(=O)[C@@H]7O[C@@]8(OC[C@H](C)[C@H](O[C@@H]9O[C@H](C)[C@H](O)[C@@H](O)[C@H]9O)[C@@H]8O)[C@@H](C)[C@@H]7[C@@]6(C)CC[C@@H]5[C@]43C)OC[C@H](O[C@@H]3OC[C@@H](O)[C@H](O)[C@H]3O)[C@@H]2O)[C@H](O)[C@H](O)[C@H]1O. The predicted octanol–water partition coefficient (Wildman–Crippen LogP) is -3.56. The standard InChI is InChI=1S/C49H76O23/c1-16-13-65-49(42(62)39(16)70-44-37(60)34(57)29(52)18(3)66-44)17(2)27-40(72-49)33(56)28-22-8-7-20-11-21(50)12-26(48(20,6)23(22)9-10-47(27,28)5)69-46-41(71-45-38(61)35(58)30(53)19(4)67-45)32(55)25(15-64-46)68-43-36(59)31(54)24(51)14-63-43/h7,16-19,21-32,34-46,50-55,57-62H,8-15H2,1-6H3/t16-,17-,18+,19-,21+,22+,23-,24+,25-,26+,27-,28+,29-,30-,31-,32-,34+,35+,36+,37+,38+,39-,40+,41+,42-,43-,44-,45-,46-,47+,48-,49-/m0/s1. The number of ether oxygens (including phenoxy) is 10. The molecule has 0 aromatic rings. The third kappa shape index (κ3) is 8.43. The van der Waals surface area contributed by atoms with Gasteiger partial charge in [-0.3, -0.25) is 4.79 Å². The Labute approximate surface area is 416 Å². The molecule has 72 heavy (non-hydrogen) atoms. The van der Waals surface area contributed by atoms with Gasteiger partial charge in [0.15, 0.2) is 30.9 Å². The third-order valence-electron chi connectivity index (χ3n) is 19.0. The van der Waals surface area contributed by atoms with Gasteiger partial charge >= 0.3 is 0 Å². The number of ketones is 1. The molecule has 0 bridgehead atoms. The minimum Gasteiger partial charge on any atom is -0.393 e. The summed E-state index contributed by atoms with van der Waals surface area (Å²) in [7, 11) is 0. The summed E-state index contributed by atoms with van der Waals surface area (Å²) in [6.07, 6.45) is -27.3. The van der Waals surface area contributed by atoms with Crippen LogP contribution in [0.3, 0.4) is 0 Å². The summed E-state index contributed by atoms with van der Waals surface area (Å²) in [5.41, 5.74) is -0.503. The van der Waals surface area contributed by atoms with Crippen molar-refractivity contribution in [2.75, 3.05) is 19.8 Å². The van der Waals surface area contributed by atoms with Crippen molar-refractivity contribution in [3.63, 3.8) is 0 Å². The summed E-state index contributed by atoms with van der Waals surface area (Å²) in [5, 5.41) is 130. The largest absolute Gasteiger partial charge is 0.393 e. The van der Waals surface area contributed by atoms with E-state index in [1.54, 1.807) is 6.92 Å². The first-order valence-electron chi connectivity index (χ1n) is 25.8. The van der Waals surface area contributed by atoms with E-state index in [-0.39, 0.29) is 49.8 Å². The quantitative estimate of drug-likeness (QED) is 0.105. The third-order valence-corrected chi connectivity index (χ3v) is 19.0. The average molecular weight is 1030 g/mol. The number of hydrogen-bond donors (Lipinski definition) is 12. The van der Waals surface area contributed by atoms with E-state index in [0.717, 1.165) is 5.57 Å². The van der Waals surface area contributed by atoms with E-state index < -0.39 is 176 Å². The van der Waals surface area contributed by atoms with E-state index in [1.807, 2.05) is 6.92 Å². The van der Waals surface area contributed by atoms with Gasteiger partial charge in [0.2, 0.25) is 5.79 Å². The van der Waals surface area contributed by atoms with Gasteiger partial charge in [-0.05, 0) is 56.8 Å². The summed E-state index contributed by atoms with van der Waals surface area (Å²) in [6, 6.07) is 0. The Hall–Kier alpha value is -1.47. The highest BCUT2D eigenvalue weighted by molar-refractivity contribution is 5.90. The normalized spacial score (nSPS) is 58.8. The van der Waals surface area contributed by atoms with Crippen LogP contribution in [0.2, 0.25) is 0 Å². The monoisotopic (exact) mass is 1030 g/mol. The van der Waals surface area contributed by atoms with Crippen LogP contribution in [-0.2, 0) is 52.2 Å². The van der Waals surface area contributed by atoms with Crippen molar-refractivity contribution in [1.29, 1.82) is 0 Å². The van der Waals surface area contributed by atoms with E-state index in [0.29, 0.717) is 25.7 Å². The van der Waals surface area contributed by atoms with E-state index >= 15 is 4.79 Å². The fourth-order valence-corrected chi connectivity index (χ4v) is 14.9. The highest BCUT2D eigenvalue weighted by atomic mass is 16.8. The van der Waals surface area contributed by atoms with Crippen molar-refractivity contribution in [3.8, 4) is 0 Å². The number of aliphatic hydroxyl groups is 12. The smallest absolute Gasteiger partial charge is 0.200 e. The van der Waals surface area contributed by atoms with Gasteiger partial charge in [-0.15, -0.1) is 0 Å². The average Bonchev–Trinajstić information content (AvgIpc) is 3.77. The van der Waals surface area contributed by atoms with Gasteiger partial charge in [-0.25, -0.2) is 0 Å². The zero-order chi connectivity index (χ0) is 51.8. The maximum atomic E-state index is 15.2. The Kier molecular flexibility index (Phi) is 14.8. The molecule has 4 aliphatic carbocycles. The first-order chi connectivity index (χ1) is 33.9. The van der Waals surface area contributed by atoms with Gasteiger partial charge in [0, 0.05) is 35.5 Å². The Balaban J connectivity index is 0.893. The molecule has 10 rings (SSSR count). The van der Waals surface area contributed by atoms with E-state index in [1.165, 1.54) is 13.8 Å². The van der Waals surface area contributed by atoms with Crippen LogP contribution in [0.25, 0.3) is 0 Å². The van der Waals surface area contributed by atoms with Gasteiger partial charge < -0.3 is 109 Å². The molecule has 1 spiro atoms. The van der Waals surface area contributed by atoms with Crippen LogP contribution in [-0.4, -0.2) is 234 Å². The minimum atomic E-state index is -1.79. The molecule has 32 atom stereocenters. The van der Waals surface area contributed by atoms with E-state index in [9.17, 15) is 61.3 Å². The summed E-state index contributed by atoms with van der Waals surface area (Å²) in [5.74, 6) is -3.99. The van der Waals surface area contributed by atoms with Crippen molar-refractivity contribution in [3.05, 3.63) is 11.6 Å². The van der Waals surface area contributed by atoms with Crippen molar-refractivity contribution in [2.45, 2.75) is 221 Å². The van der Waals surface area contributed by atoms with Crippen LogP contribution in [0.4, 0.5) is 0 Å². The number of allylic oxidation sites excluding steroid dienone is 1. The molecule has 0 amide bonds. The molecule has 9 fully saturated rings. The molecule has 6 heterocycles. The van der Waals surface area contributed by atoms with Crippen LogP contribution in [0, 0.1) is 46.3 Å². The number of rotatable bonds is 8. The molecule has 0 radical (unpaired) electrons. The van der Waals surface area contributed by atoms with Crippen molar-refractivity contribution >= 4 is 5.78 Å². The molecule has 12 N–H and O–H groups in total. The second kappa shape index (κ2) is 19.8. The summed E-state index contributed by atoms with van der Waals surface area (Å²) in [4.78, 5) is 15.2. The zero-order valence-corrected chi connectivity index (χ0v) is 41.3. The molecule has 10 aliphatic rings. The Bertz CT molecular complexity index is 2000. The number of aliphatic hydroxyl groups excluding tert-OH is 12. The van der Waals surface area contributed by atoms with E-state index in [2.05, 4.69) is 19.9 Å². The number of hydrogen-bond acceptors (Lipinski definition) is 23. The summed E-state index contributed by atoms with van der Waals surface area (Å²) < 4.78 is 61.7. The highest BCUT2D eigenvalue weighted by Crippen LogP contribution is 2.70. The van der Waals surface area contributed by atoms with Gasteiger partial charge in [-0.2, -0.15) is 0 Å². The molecule has 410 valence electrons. The van der Waals surface area contributed by atoms with E-state index in [4.69, 9.17) is 47.4 Å². The maximum absolute atomic E-state index is 15.2. The lowest BCUT2D eigenvalue weighted by Crippen LogP contribution is -2.65. The molecule has 0 unspecified atom stereocenters. The summed E-state index contributed by atoms with van der Waals surface area (Å²) >= 11 is 0. The lowest BCUT2D eigenvalue weighted by atomic mass is 9.46. The van der Waals surface area contributed by atoms with Crippen molar-refractivity contribution < 1.29 is 113 Å². The summed E-state index contributed by atoms with van der Waals surface area (Å²) in [6.45, 7) is 10.2. The molecule has 23 heteroatoms. The molecule has 23 nitrogen and oxygen atoms in total. The van der Waals surface area contributed by atoms with Gasteiger partial charge in [0.05, 0.1) is 50.3 Å². The van der Waals surface area contributed by atoms with Crippen LogP contribution in [0.5, 0.6) is 0 Å². The molecular formula is C49H76O23. The first-order valence-corrected chi connectivity index (χ1v) is 25.8. The molecular weight excluding hydrogens is 957 g/mol. The molecule has 0 aromatic heterocycles. The number of carbonyl (C=O) groups excluding carboxylic acids is 1. The zero-order valence-electron chi connectivity index (χ0n) is 41.3. The fourth-order valence-electron chi connectivity index (χ4n) is 14.9. The lowest BCUT2D eigenvalue weighted by Gasteiger charge is -2.60. The Morgan fingerprint density at radius 2 is 1.26 bits per heavy atom. The minimum absolute atomic E-state index is 0.0836. The van der Waals surface area contributed by atoms with Gasteiger partial charge in [-0.1, -0.05) is 39.3 Å². The molecule has 0 aromatic carbocycles. The molecule has 3 saturated carbocycles. The second-order valence-corrected chi connectivity index (χ2v) is 23.1. The topological polar surface area (TPSA) is 352 Å².